The van der Waals surface area contributed by atoms with Crippen LogP contribution >= 0.6 is 26.6 Å². The third-order valence-electron chi connectivity index (χ3n) is 2.57. The number of nitrogens with zero attached hydrogens (tertiary/aromatic N) is 3. The average Bonchev–Trinajstić information content (AvgIpc) is 2.73. The molecular formula is C11H10BrClFN3O2S. The zero-order valence-electron chi connectivity index (χ0n) is 10.3. The molecule has 0 aliphatic carbocycles. The van der Waals surface area contributed by atoms with Gasteiger partial charge >= 0.3 is 0 Å². The number of aromatic nitrogens is 3. The Balaban J connectivity index is 2.73. The summed E-state index contributed by atoms with van der Waals surface area (Å²) in [5.74, 6) is -0.404. The lowest BCUT2D eigenvalue weighted by Gasteiger charge is -2.09. The van der Waals surface area contributed by atoms with E-state index in [-0.39, 0.29) is 16.5 Å². The molecule has 5 nitrogen and oxygen atoms in total. The van der Waals surface area contributed by atoms with E-state index in [1.54, 1.807) is 6.07 Å². The second-order valence-corrected chi connectivity index (χ2v) is 7.31. The maximum Gasteiger partial charge on any atom is 0.296 e. The molecule has 20 heavy (non-hydrogen) atoms. The molecule has 1 aromatic heterocycles. The van der Waals surface area contributed by atoms with Crippen LogP contribution in [0.2, 0.25) is 0 Å². The third-order valence-corrected chi connectivity index (χ3v) is 4.38. The lowest BCUT2D eigenvalue weighted by Crippen LogP contribution is -2.08. The van der Waals surface area contributed by atoms with Gasteiger partial charge in [0.15, 0.2) is 5.82 Å². The number of hydrogen-bond donors (Lipinski definition) is 0. The predicted molar refractivity (Wildman–Crippen MR) is 76.4 cm³/mol. The molecule has 0 atom stereocenters. The largest absolute Gasteiger partial charge is 0.297 e. The van der Waals surface area contributed by atoms with Crippen LogP contribution in [-0.4, -0.2) is 23.2 Å². The van der Waals surface area contributed by atoms with E-state index in [1.807, 2.05) is 6.92 Å². The normalized spacial score (nSPS) is 11.8. The van der Waals surface area contributed by atoms with Crippen molar-refractivity contribution >= 4 is 35.7 Å². The van der Waals surface area contributed by atoms with Crippen molar-refractivity contribution in [1.29, 1.82) is 0 Å². The van der Waals surface area contributed by atoms with E-state index >= 15 is 0 Å². The fourth-order valence-corrected chi connectivity index (χ4v) is 3.23. The van der Waals surface area contributed by atoms with Crippen molar-refractivity contribution < 1.29 is 12.8 Å². The Morgan fingerprint density at radius 2 is 2.10 bits per heavy atom. The van der Waals surface area contributed by atoms with Gasteiger partial charge in [-0.3, -0.25) is 4.57 Å². The van der Waals surface area contributed by atoms with Gasteiger partial charge in [0.2, 0.25) is 0 Å². The fraction of sp³-hybridized carbons (Fsp3) is 0.273. The number of hydrogen-bond acceptors (Lipinski definition) is 4. The van der Waals surface area contributed by atoms with Gasteiger partial charge in [-0.2, -0.15) is 0 Å². The van der Waals surface area contributed by atoms with Crippen LogP contribution in [0.3, 0.4) is 0 Å². The molecule has 0 saturated heterocycles. The van der Waals surface area contributed by atoms with Crippen LogP contribution in [0, 0.1) is 5.82 Å². The van der Waals surface area contributed by atoms with E-state index in [0.29, 0.717) is 17.4 Å². The average molecular weight is 383 g/mol. The Kier molecular flexibility index (Phi) is 4.46. The van der Waals surface area contributed by atoms with E-state index in [9.17, 15) is 12.8 Å². The van der Waals surface area contributed by atoms with Crippen LogP contribution in [0.1, 0.15) is 13.3 Å². The number of halogens is 3. The molecule has 0 amide bonds. The summed E-state index contributed by atoms with van der Waals surface area (Å²) in [6.45, 7) is 2.16. The minimum atomic E-state index is -4.04. The van der Waals surface area contributed by atoms with Crippen LogP contribution in [0.15, 0.2) is 27.8 Å². The van der Waals surface area contributed by atoms with Gasteiger partial charge < -0.3 is 0 Å². The van der Waals surface area contributed by atoms with E-state index in [4.69, 9.17) is 10.7 Å². The Bertz CT molecular complexity index is 728. The molecule has 0 fully saturated rings. The van der Waals surface area contributed by atoms with Gasteiger partial charge in [0, 0.05) is 21.7 Å². The first-order valence-electron chi connectivity index (χ1n) is 5.68. The molecule has 9 heteroatoms. The van der Waals surface area contributed by atoms with Crippen molar-refractivity contribution in [1.82, 2.24) is 14.8 Å². The van der Waals surface area contributed by atoms with Crippen molar-refractivity contribution in [2.45, 2.75) is 25.0 Å². The van der Waals surface area contributed by atoms with E-state index in [1.165, 1.54) is 16.7 Å². The SMILES string of the molecule is CCCn1c(-c2c(F)cccc2Br)nnc1S(=O)(=O)Cl. The van der Waals surface area contributed by atoms with E-state index in [0.717, 1.165) is 0 Å². The zero-order chi connectivity index (χ0) is 14.9. The van der Waals surface area contributed by atoms with Gasteiger partial charge in [-0.15, -0.1) is 10.2 Å². The molecule has 0 aliphatic heterocycles. The smallest absolute Gasteiger partial charge is 0.296 e. The van der Waals surface area contributed by atoms with Gasteiger partial charge in [0.1, 0.15) is 5.82 Å². The quantitative estimate of drug-likeness (QED) is 0.762. The molecule has 0 radical (unpaired) electrons. The highest BCUT2D eigenvalue weighted by Crippen LogP contribution is 2.31. The molecular weight excluding hydrogens is 373 g/mol. The number of benzene rings is 1. The summed E-state index contributed by atoms with van der Waals surface area (Å²) in [5.41, 5.74) is 0.153. The molecule has 2 rings (SSSR count). The number of rotatable bonds is 4. The Morgan fingerprint density at radius 1 is 1.40 bits per heavy atom. The van der Waals surface area contributed by atoms with Crippen molar-refractivity contribution in [3.05, 3.63) is 28.5 Å². The van der Waals surface area contributed by atoms with Crippen molar-refractivity contribution in [3.8, 4) is 11.4 Å². The maximum atomic E-state index is 14.0. The monoisotopic (exact) mass is 381 g/mol. The lowest BCUT2D eigenvalue weighted by molar-refractivity contribution is 0.568. The topological polar surface area (TPSA) is 64.8 Å². The second-order valence-electron chi connectivity index (χ2n) is 3.99. The molecule has 0 bridgehead atoms. The molecule has 0 aliphatic rings. The van der Waals surface area contributed by atoms with Crippen LogP contribution in [0.4, 0.5) is 4.39 Å². The summed E-state index contributed by atoms with van der Waals surface area (Å²) in [4.78, 5) is 0. The molecule has 0 N–H and O–H groups in total. The van der Waals surface area contributed by atoms with Gasteiger partial charge in [-0.05, 0) is 34.5 Å². The van der Waals surface area contributed by atoms with Gasteiger partial charge in [-0.1, -0.05) is 13.0 Å². The summed E-state index contributed by atoms with van der Waals surface area (Å²) in [7, 11) is 1.28. The maximum absolute atomic E-state index is 14.0. The summed E-state index contributed by atoms with van der Waals surface area (Å²) in [5, 5.41) is 6.96. The highest BCUT2D eigenvalue weighted by molar-refractivity contribution is 9.10. The lowest BCUT2D eigenvalue weighted by atomic mass is 10.2. The molecule has 0 unspecified atom stereocenters. The van der Waals surface area contributed by atoms with Crippen LogP contribution < -0.4 is 0 Å². The first kappa shape index (κ1) is 15.4. The zero-order valence-corrected chi connectivity index (χ0v) is 13.5. The minimum Gasteiger partial charge on any atom is -0.297 e. The van der Waals surface area contributed by atoms with Gasteiger partial charge in [-0.25, -0.2) is 12.8 Å². The first-order chi connectivity index (χ1) is 9.36. The summed E-state index contributed by atoms with van der Waals surface area (Å²) < 4.78 is 38.7. The van der Waals surface area contributed by atoms with Crippen molar-refractivity contribution in [3.63, 3.8) is 0 Å². The van der Waals surface area contributed by atoms with Gasteiger partial charge in [0.25, 0.3) is 14.2 Å². The summed E-state index contributed by atoms with van der Waals surface area (Å²) in [6.07, 6.45) is 0.622. The molecule has 1 heterocycles. The minimum absolute atomic E-state index is 0.121. The Labute approximate surface area is 128 Å². The van der Waals surface area contributed by atoms with Crippen LogP contribution in [-0.2, 0) is 15.6 Å². The highest BCUT2D eigenvalue weighted by Gasteiger charge is 2.25. The fourth-order valence-electron chi connectivity index (χ4n) is 1.79. The first-order valence-corrected chi connectivity index (χ1v) is 8.78. The second kappa shape index (κ2) is 5.79. The predicted octanol–water partition coefficient (Wildman–Crippen LogP) is 3.18. The third kappa shape index (κ3) is 2.87. The summed E-state index contributed by atoms with van der Waals surface area (Å²) in [6, 6.07) is 4.43. The van der Waals surface area contributed by atoms with Crippen LogP contribution in [0.25, 0.3) is 11.4 Å². The summed E-state index contributed by atoms with van der Waals surface area (Å²) >= 11 is 3.23. The molecule has 108 valence electrons. The molecule has 0 saturated carbocycles. The molecule has 0 spiro atoms. The Morgan fingerprint density at radius 3 is 2.65 bits per heavy atom. The standard InChI is InChI=1S/C11H10BrClFN3O2S/c1-2-6-17-10(15-16-11(17)20(13,18)19)9-7(12)4-3-5-8(9)14/h3-5H,2,6H2,1H3. The van der Waals surface area contributed by atoms with E-state index < -0.39 is 14.9 Å². The Hall–Kier alpha value is -0.990. The molecule has 2 aromatic rings. The van der Waals surface area contributed by atoms with Crippen LogP contribution in [0.5, 0.6) is 0 Å². The molecule has 1 aromatic carbocycles. The highest BCUT2D eigenvalue weighted by atomic mass is 79.9. The van der Waals surface area contributed by atoms with E-state index in [2.05, 4.69) is 26.1 Å². The van der Waals surface area contributed by atoms with Gasteiger partial charge in [0.05, 0.1) is 5.56 Å². The van der Waals surface area contributed by atoms with Crippen molar-refractivity contribution in [2.24, 2.45) is 0 Å². The van der Waals surface area contributed by atoms with Crippen molar-refractivity contribution in [2.75, 3.05) is 0 Å².